The van der Waals surface area contributed by atoms with Gasteiger partial charge in [0, 0.05) is 11.1 Å². The van der Waals surface area contributed by atoms with Gasteiger partial charge >= 0.3 is 31.3 Å². The maximum Gasteiger partial charge on any atom is 0.534 e. The van der Waals surface area contributed by atoms with E-state index in [0.29, 0.717) is 0 Å². The number of halogens is 6. The minimum atomic E-state index is -6.38. The molecular formula is C16H6F6O8S2. The summed E-state index contributed by atoms with van der Waals surface area (Å²) in [5.41, 5.74) is -15.3. The van der Waals surface area contributed by atoms with Crippen LogP contribution in [-0.4, -0.2) is 39.4 Å². The van der Waals surface area contributed by atoms with Crippen molar-refractivity contribution in [2.75, 3.05) is 0 Å². The summed E-state index contributed by atoms with van der Waals surface area (Å²) in [7, 11) is -12.8. The highest BCUT2D eigenvalue weighted by Gasteiger charge is 2.51. The van der Waals surface area contributed by atoms with Gasteiger partial charge in [0.15, 0.2) is 23.1 Å². The van der Waals surface area contributed by atoms with Crippen LogP contribution in [0.1, 0.15) is 31.8 Å². The van der Waals surface area contributed by atoms with Crippen LogP contribution in [0.2, 0.25) is 0 Å². The molecule has 0 saturated carbocycles. The number of fused-ring (bicyclic) bond motifs is 2. The highest BCUT2D eigenvalue weighted by Crippen LogP contribution is 2.41. The average Bonchev–Trinajstić information content (AvgIpc) is 2.65. The van der Waals surface area contributed by atoms with Crippen molar-refractivity contribution in [1.29, 1.82) is 0 Å². The fourth-order valence-electron chi connectivity index (χ4n) is 2.63. The molecule has 0 fully saturated rings. The summed E-state index contributed by atoms with van der Waals surface area (Å²) in [6.07, 6.45) is 0. The van der Waals surface area contributed by atoms with Crippen molar-refractivity contribution in [3.63, 3.8) is 0 Å². The third kappa shape index (κ3) is 3.79. The van der Waals surface area contributed by atoms with Crippen LogP contribution < -0.4 is 8.37 Å². The summed E-state index contributed by atoms with van der Waals surface area (Å²) in [5.74, 6) is -5.39. The van der Waals surface area contributed by atoms with Crippen molar-refractivity contribution in [3.8, 4) is 11.5 Å². The molecule has 0 N–H and O–H groups in total. The number of ketones is 2. The van der Waals surface area contributed by atoms with Gasteiger partial charge in [-0.1, -0.05) is 24.3 Å². The molecule has 0 aromatic heterocycles. The van der Waals surface area contributed by atoms with E-state index in [2.05, 4.69) is 8.37 Å². The van der Waals surface area contributed by atoms with Gasteiger partial charge in [0.25, 0.3) is 0 Å². The number of carbonyl (C=O) groups is 2. The van der Waals surface area contributed by atoms with Crippen LogP contribution in [0.25, 0.3) is 0 Å². The van der Waals surface area contributed by atoms with E-state index in [1.807, 2.05) is 0 Å². The molecule has 32 heavy (non-hydrogen) atoms. The Bertz CT molecular complexity index is 1250. The van der Waals surface area contributed by atoms with Crippen molar-refractivity contribution in [1.82, 2.24) is 0 Å². The van der Waals surface area contributed by atoms with Gasteiger partial charge < -0.3 is 8.37 Å². The van der Waals surface area contributed by atoms with Gasteiger partial charge in [-0.3, -0.25) is 9.59 Å². The van der Waals surface area contributed by atoms with E-state index in [0.717, 1.165) is 12.1 Å². The lowest BCUT2D eigenvalue weighted by atomic mass is 9.83. The van der Waals surface area contributed by atoms with Crippen molar-refractivity contribution >= 4 is 31.8 Å². The molecule has 0 aliphatic heterocycles. The second-order valence-corrected chi connectivity index (χ2v) is 9.06. The Kier molecular flexibility index (Phi) is 5.29. The molecular weight excluding hydrogens is 498 g/mol. The molecule has 1 aliphatic rings. The van der Waals surface area contributed by atoms with Crippen LogP contribution in [0.5, 0.6) is 11.5 Å². The highest BCUT2D eigenvalue weighted by atomic mass is 32.2. The number of rotatable bonds is 4. The first kappa shape index (κ1) is 23.5. The Morgan fingerprint density at radius 2 is 0.906 bits per heavy atom. The normalized spacial score (nSPS) is 14.6. The summed E-state index contributed by atoms with van der Waals surface area (Å²) in [5, 5.41) is 0. The standard InChI is InChI=1S/C16H6F6O8S2/c17-15(18,19)31(25,26)29-9-5-6-10(30-32(27,28)16(20,21)22)12-11(9)13(23)7-3-1-2-4-8(7)14(12)24/h1-6H. The van der Waals surface area contributed by atoms with E-state index in [4.69, 9.17) is 0 Å². The highest BCUT2D eigenvalue weighted by molar-refractivity contribution is 7.88. The molecule has 0 amide bonds. The van der Waals surface area contributed by atoms with Gasteiger partial charge in [0.05, 0.1) is 11.1 Å². The van der Waals surface area contributed by atoms with Gasteiger partial charge in [-0.25, -0.2) is 0 Å². The van der Waals surface area contributed by atoms with Crippen LogP contribution in [-0.2, 0) is 20.2 Å². The van der Waals surface area contributed by atoms with Crippen molar-refractivity contribution in [3.05, 3.63) is 58.7 Å². The Morgan fingerprint density at radius 1 is 0.594 bits per heavy atom. The minimum absolute atomic E-state index is 0.252. The van der Waals surface area contributed by atoms with Crippen molar-refractivity contribution in [2.45, 2.75) is 11.0 Å². The minimum Gasteiger partial charge on any atom is -0.375 e. The predicted octanol–water partition coefficient (Wildman–Crippen LogP) is 2.92. The van der Waals surface area contributed by atoms with Gasteiger partial charge in [-0.05, 0) is 12.1 Å². The lowest BCUT2D eigenvalue weighted by Gasteiger charge is -2.22. The number of benzene rings is 2. The molecule has 8 nitrogen and oxygen atoms in total. The maximum absolute atomic E-state index is 12.8. The third-order valence-electron chi connectivity index (χ3n) is 3.97. The zero-order chi connectivity index (χ0) is 24.3. The molecule has 0 radical (unpaired) electrons. The third-order valence-corrected chi connectivity index (χ3v) is 5.90. The first-order valence-electron chi connectivity index (χ1n) is 7.85. The fourth-order valence-corrected chi connectivity index (χ4v) is 3.57. The van der Waals surface area contributed by atoms with Crippen LogP contribution in [0.4, 0.5) is 26.3 Å². The zero-order valence-corrected chi connectivity index (χ0v) is 16.4. The number of carbonyl (C=O) groups excluding carboxylic acids is 2. The molecule has 172 valence electrons. The molecule has 0 atom stereocenters. The molecule has 1 aliphatic carbocycles. The van der Waals surface area contributed by atoms with Gasteiger partial charge in [0.2, 0.25) is 0 Å². The quantitative estimate of drug-likeness (QED) is 0.302. The van der Waals surface area contributed by atoms with Crippen molar-refractivity contribution in [2.24, 2.45) is 0 Å². The smallest absolute Gasteiger partial charge is 0.375 e. The van der Waals surface area contributed by atoms with E-state index < -0.39 is 76.6 Å². The van der Waals surface area contributed by atoms with Crippen LogP contribution in [0.3, 0.4) is 0 Å². The summed E-state index contributed by atoms with van der Waals surface area (Å²) in [6.45, 7) is 0. The van der Waals surface area contributed by atoms with E-state index in [1.54, 1.807) is 0 Å². The van der Waals surface area contributed by atoms with Gasteiger partial charge in [-0.2, -0.15) is 43.2 Å². The Morgan fingerprint density at radius 3 is 1.19 bits per heavy atom. The second-order valence-electron chi connectivity index (χ2n) is 5.98. The lowest BCUT2D eigenvalue weighted by Crippen LogP contribution is -2.31. The fraction of sp³-hybridized carbons (Fsp3) is 0.125. The number of hydrogen-bond donors (Lipinski definition) is 0. The first-order chi connectivity index (χ1) is 14.5. The van der Waals surface area contributed by atoms with E-state index in [1.165, 1.54) is 12.1 Å². The van der Waals surface area contributed by atoms with Crippen molar-refractivity contribution < 1.29 is 61.1 Å². The van der Waals surface area contributed by atoms with Crippen LogP contribution in [0, 0.1) is 0 Å². The summed E-state index contributed by atoms with van der Waals surface area (Å²) >= 11 is 0. The number of hydrogen-bond acceptors (Lipinski definition) is 8. The molecule has 0 bridgehead atoms. The summed E-state index contributed by atoms with van der Waals surface area (Å²) in [4.78, 5) is 25.6. The molecule has 2 aromatic carbocycles. The Hall–Kier alpha value is -3.14. The summed E-state index contributed by atoms with van der Waals surface area (Å²) in [6, 6.07) is 5.03. The molecule has 3 rings (SSSR count). The maximum atomic E-state index is 12.8. The average molecular weight is 504 g/mol. The van der Waals surface area contributed by atoms with E-state index in [9.17, 15) is 52.8 Å². The van der Waals surface area contributed by atoms with Crippen LogP contribution in [0.15, 0.2) is 36.4 Å². The molecule has 0 heterocycles. The zero-order valence-electron chi connectivity index (χ0n) is 14.8. The lowest BCUT2D eigenvalue weighted by molar-refractivity contribution is -0.0506. The topological polar surface area (TPSA) is 121 Å². The largest absolute Gasteiger partial charge is 0.534 e. The molecule has 2 aromatic rings. The Labute approximate surface area is 174 Å². The van der Waals surface area contributed by atoms with Gasteiger partial charge in [-0.15, -0.1) is 0 Å². The molecule has 16 heteroatoms. The molecule has 0 unspecified atom stereocenters. The Balaban J connectivity index is 2.30. The second kappa shape index (κ2) is 7.19. The van der Waals surface area contributed by atoms with Gasteiger partial charge in [0.1, 0.15) is 0 Å². The predicted molar refractivity (Wildman–Crippen MR) is 91.0 cm³/mol. The number of alkyl halides is 6. The van der Waals surface area contributed by atoms with E-state index >= 15 is 0 Å². The van der Waals surface area contributed by atoms with E-state index in [-0.39, 0.29) is 12.1 Å². The first-order valence-corrected chi connectivity index (χ1v) is 10.7. The SMILES string of the molecule is O=C1c2ccccc2C(=O)c2c(OS(=O)(=O)C(F)(F)F)ccc(OS(=O)(=O)C(F)(F)F)c21. The molecule has 0 spiro atoms. The van der Waals surface area contributed by atoms with Crippen LogP contribution >= 0.6 is 0 Å². The molecule has 0 saturated heterocycles. The summed E-state index contributed by atoms with van der Waals surface area (Å²) < 4.78 is 129. The monoisotopic (exact) mass is 504 g/mol.